The Balaban J connectivity index is 3.13. The molecule has 0 aliphatic rings. The van der Waals surface area contributed by atoms with E-state index in [-0.39, 0.29) is 0 Å². The first-order chi connectivity index (χ1) is 9.03. The Kier molecular flexibility index (Phi) is 4.67. The zero-order valence-electron chi connectivity index (χ0n) is 10.6. The molecule has 1 aromatic rings. The summed E-state index contributed by atoms with van der Waals surface area (Å²) in [5.74, 6) is -6.28. The molecule has 0 aromatic heterocycles. The summed E-state index contributed by atoms with van der Waals surface area (Å²) in [6.07, 6.45) is -4.66. The van der Waals surface area contributed by atoms with Crippen LogP contribution in [-0.2, 0) is 0 Å². The fourth-order valence-electron chi connectivity index (χ4n) is 1.53. The molecular weight excluding hydrogens is 288 g/mol. The van der Waals surface area contributed by atoms with Crippen molar-refractivity contribution in [1.82, 2.24) is 4.90 Å². The van der Waals surface area contributed by atoms with E-state index in [0.29, 0.717) is 17.0 Å². The molecule has 0 N–H and O–H groups in total. The zero-order valence-corrected chi connectivity index (χ0v) is 10.6. The molecule has 1 amide bonds. The lowest BCUT2D eigenvalue weighted by atomic mass is 10.1. The summed E-state index contributed by atoms with van der Waals surface area (Å²) in [5, 5.41) is 0. The van der Waals surface area contributed by atoms with Gasteiger partial charge in [0, 0.05) is 11.6 Å². The van der Waals surface area contributed by atoms with Crippen LogP contribution in [0.15, 0.2) is 12.1 Å². The van der Waals surface area contributed by atoms with Crippen LogP contribution in [-0.4, -0.2) is 29.6 Å². The van der Waals surface area contributed by atoms with Gasteiger partial charge in [-0.2, -0.15) is 13.2 Å². The standard InChI is InChI=1S/C12H11F6NO/c1-6(2)19(5-12(16,17)18)11(20)7-3-8(13)10(15)9(14)4-7/h3-4,6H,5H2,1-2H3. The van der Waals surface area contributed by atoms with Gasteiger partial charge in [0.25, 0.3) is 5.91 Å². The lowest BCUT2D eigenvalue weighted by Crippen LogP contribution is -2.43. The predicted octanol–water partition coefficient (Wildman–Crippen LogP) is 3.52. The Morgan fingerprint density at radius 2 is 1.60 bits per heavy atom. The van der Waals surface area contributed by atoms with Crippen LogP contribution in [0.4, 0.5) is 26.3 Å². The van der Waals surface area contributed by atoms with Crippen LogP contribution in [0.5, 0.6) is 0 Å². The average molecular weight is 299 g/mol. The third-order valence-corrected chi connectivity index (χ3v) is 2.46. The van der Waals surface area contributed by atoms with Gasteiger partial charge in [-0.05, 0) is 26.0 Å². The summed E-state index contributed by atoms with van der Waals surface area (Å²) < 4.78 is 75.8. The highest BCUT2D eigenvalue weighted by atomic mass is 19.4. The van der Waals surface area contributed by atoms with Crippen molar-refractivity contribution in [3.8, 4) is 0 Å². The van der Waals surface area contributed by atoms with Gasteiger partial charge in [-0.25, -0.2) is 13.2 Å². The second-order valence-corrected chi connectivity index (χ2v) is 4.40. The number of hydrogen-bond donors (Lipinski definition) is 0. The zero-order chi connectivity index (χ0) is 15.7. The molecule has 112 valence electrons. The van der Waals surface area contributed by atoms with Gasteiger partial charge in [0.2, 0.25) is 0 Å². The summed E-state index contributed by atoms with van der Waals surface area (Å²) >= 11 is 0. The van der Waals surface area contributed by atoms with Gasteiger partial charge in [0.1, 0.15) is 6.54 Å². The molecule has 8 heteroatoms. The first-order valence-electron chi connectivity index (χ1n) is 5.55. The monoisotopic (exact) mass is 299 g/mol. The highest BCUT2D eigenvalue weighted by Gasteiger charge is 2.35. The molecule has 0 aliphatic carbocycles. The number of alkyl halides is 3. The fraction of sp³-hybridized carbons (Fsp3) is 0.417. The quantitative estimate of drug-likeness (QED) is 0.618. The maximum Gasteiger partial charge on any atom is 0.406 e. The Hall–Kier alpha value is -1.73. The molecule has 0 aliphatic heterocycles. The minimum absolute atomic E-state index is 0.368. The topological polar surface area (TPSA) is 20.3 Å². The maximum absolute atomic E-state index is 13.0. The average Bonchev–Trinajstić information content (AvgIpc) is 2.30. The van der Waals surface area contributed by atoms with Crippen molar-refractivity contribution < 1.29 is 31.1 Å². The Bertz CT molecular complexity index is 488. The number of carbonyl (C=O) groups excluding carboxylic acids is 1. The fourth-order valence-corrected chi connectivity index (χ4v) is 1.53. The van der Waals surface area contributed by atoms with E-state index < -0.39 is 47.7 Å². The van der Waals surface area contributed by atoms with Crippen molar-refractivity contribution in [3.63, 3.8) is 0 Å². The van der Waals surface area contributed by atoms with Crippen LogP contribution in [0.3, 0.4) is 0 Å². The predicted molar refractivity (Wildman–Crippen MR) is 58.5 cm³/mol. The number of benzene rings is 1. The van der Waals surface area contributed by atoms with Crippen molar-refractivity contribution in [1.29, 1.82) is 0 Å². The van der Waals surface area contributed by atoms with E-state index >= 15 is 0 Å². The largest absolute Gasteiger partial charge is 0.406 e. The molecule has 0 unspecified atom stereocenters. The summed E-state index contributed by atoms with van der Waals surface area (Å²) in [5.41, 5.74) is -0.681. The van der Waals surface area contributed by atoms with Gasteiger partial charge >= 0.3 is 6.18 Å². The van der Waals surface area contributed by atoms with Crippen LogP contribution < -0.4 is 0 Å². The lowest BCUT2D eigenvalue weighted by molar-refractivity contribution is -0.143. The normalized spacial score (nSPS) is 11.8. The highest BCUT2D eigenvalue weighted by Crippen LogP contribution is 2.21. The summed E-state index contributed by atoms with van der Waals surface area (Å²) in [6.45, 7) is 1.07. The SMILES string of the molecule is CC(C)N(CC(F)(F)F)C(=O)c1cc(F)c(F)c(F)c1. The molecular formula is C12H11F6NO. The number of rotatable bonds is 3. The van der Waals surface area contributed by atoms with E-state index in [2.05, 4.69) is 0 Å². The van der Waals surface area contributed by atoms with Crippen LogP contribution in [0, 0.1) is 17.5 Å². The van der Waals surface area contributed by atoms with Gasteiger partial charge in [-0.15, -0.1) is 0 Å². The molecule has 20 heavy (non-hydrogen) atoms. The van der Waals surface area contributed by atoms with E-state index in [4.69, 9.17) is 0 Å². The molecule has 0 saturated carbocycles. The van der Waals surface area contributed by atoms with Crippen LogP contribution in [0.1, 0.15) is 24.2 Å². The smallest absolute Gasteiger partial charge is 0.327 e. The first-order valence-corrected chi connectivity index (χ1v) is 5.55. The number of nitrogens with zero attached hydrogens (tertiary/aromatic N) is 1. The molecule has 0 bridgehead atoms. The van der Waals surface area contributed by atoms with Crippen molar-refractivity contribution in [2.75, 3.05) is 6.54 Å². The minimum atomic E-state index is -4.66. The van der Waals surface area contributed by atoms with Crippen LogP contribution in [0.2, 0.25) is 0 Å². The van der Waals surface area contributed by atoms with Crippen LogP contribution in [0.25, 0.3) is 0 Å². The maximum atomic E-state index is 13.0. The summed E-state index contributed by atoms with van der Waals surface area (Å²) in [6, 6.07) is -0.112. The molecule has 2 nitrogen and oxygen atoms in total. The van der Waals surface area contributed by atoms with Crippen LogP contribution >= 0.6 is 0 Å². The van der Waals surface area contributed by atoms with E-state index in [0.717, 1.165) is 0 Å². The van der Waals surface area contributed by atoms with Gasteiger partial charge in [0.15, 0.2) is 17.5 Å². The first kappa shape index (κ1) is 16.3. The summed E-state index contributed by atoms with van der Waals surface area (Å²) in [4.78, 5) is 12.2. The third kappa shape index (κ3) is 3.88. The molecule has 0 fully saturated rings. The highest BCUT2D eigenvalue weighted by molar-refractivity contribution is 5.94. The number of amides is 1. The van der Waals surface area contributed by atoms with Gasteiger partial charge in [0.05, 0.1) is 0 Å². The molecule has 0 atom stereocenters. The van der Waals surface area contributed by atoms with Crippen molar-refractivity contribution in [2.24, 2.45) is 0 Å². The summed E-state index contributed by atoms with van der Waals surface area (Å²) in [7, 11) is 0. The molecule has 1 aromatic carbocycles. The van der Waals surface area contributed by atoms with Crippen molar-refractivity contribution in [3.05, 3.63) is 35.1 Å². The van der Waals surface area contributed by atoms with E-state index in [1.54, 1.807) is 0 Å². The Labute approximate surface area is 111 Å². The Morgan fingerprint density at radius 3 is 1.95 bits per heavy atom. The molecule has 0 spiro atoms. The van der Waals surface area contributed by atoms with Crippen molar-refractivity contribution in [2.45, 2.75) is 26.1 Å². The van der Waals surface area contributed by atoms with E-state index in [9.17, 15) is 31.1 Å². The Morgan fingerprint density at radius 1 is 1.15 bits per heavy atom. The van der Waals surface area contributed by atoms with Gasteiger partial charge < -0.3 is 4.90 Å². The third-order valence-electron chi connectivity index (χ3n) is 2.46. The molecule has 1 rings (SSSR count). The second-order valence-electron chi connectivity index (χ2n) is 4.40. The van der Waals surface area contributed by atoms with Gasteiger partial charge in [-0.3, -0.25) is 4.79 Å². The minimum Gasteiger partial charge on any atom is -0.327 e. The number of halogens is 6. The van der Waals surface area contributed by atoms with E-state index in [1.165, 1.54) is 13.8 Å². The van der Waals surface area contributed by atoms with Crippen molar-refractivity contribution >= 4 is 5.91 Å². The molecule has 0 radical (unpaired) electrons. The van der Waals surface area contributed by atoms with Gasteiger partial charge in [-0.1, -0.05) is 0 Å². The second kappa shape index (κ2) is 5.72. The molecule has 0 saturated heterocycles. The lowest BCUT2D eigenvalue weighted by Gasteiger charge is -2.27. The number of carbonyl (C=O) groups is 1. The van der Waals surface area contributed by atoms with E-state index in [1.807, 2.05) is 0 Å². The number of hydrogen-bond acceptors (Lipinski definition) is 1. The molecule has 0 heterocycles.